The van der Waals surface area contributed by atoms with Gasteiger partial charge in [-0.1, -0.05) is 0 Å². The smallest absolute Gasteiger partial charge is 0.268 e. The summed E-state index contributed by atoms with van der Waals surface area (Å²) in [6.45, 7) is 0. The number of halogens is 1. The molecule has 0 aliphatic heterocycles. The molecule has 1 aromatic heterocycles. The van der Waals surface area contributed by atoms with Gasteiger partial charge in [0, 0.05) is 4.90 Å². The number of rotatable bonds is 2. The second kappa shape index (κ2) is 4.40. The summed E-state index contributed by atoms with van der Waals surface area (Å²) in [6, 6.07) is 1.90. The van der Waals surface area contributed by atoms with Gasteiger partial charge >= 0.3 is 0 Å². The van der Waals surface area contributed by atoms with Gasteiger partial charge in [-0.05, 0) is 41.1 Å². The molecule has 5 heteroatoms. The third-order valence-electron chi connectivity index (χ3n) is 0.971. The van der Waals surface area contributed by atoms with Gasteiger partial charge in [0.2, 0.25) is 0 Å². The molecule has 1 rings (SSSR count). The maximum Gasteiger partial charge on any atom is 0.284 e. The van der Waals surface area contributed by atoms with E-state index in [0.717, 1.165) is 20.9 Å². The molecular formula is C6H5ClOS3. The van der Waals surface area contributed by atoms with E-state index in [0.29, 0.717) is 0 Å². The van der Waals surface area contributed by atoms with Gasteiger partial charge in [-0.3, -0.25) is 4.79 Å². The van der Waals surface area contributed by atoms with Gasteiger partial charge in [0.1, 0.15) is 0 Å². The zero-order valence-electron chi connectivity index (χ0n) is 5.67. The maximum atomic E-state index is 10.5. The fraction of sp³-hybridized carbons (Fsp3) is 0.167. The Bertz CT molecular complexity index is 258. The van der Waals surface area contributed by atoms with Crippen molar-refractivity contribution in [2.45, 2.75) is 9.10 Å². The topological polar surface area (TPSA) is 17.1 Å². The van der Waals surface area contributed by atoms with E-state index in [1.165, 1.54) is 0 Å². The predicted molar refractivity (Wildman–Crippen MR) is 53.2 cm³/mol. The van der Waals surface area contributed by atoms with Crippen LogP contribution in [0, 0.1) is 0 Å². The zero-order chi connectivity index (χ0) is 8.27. The van der Waals surface area contributed by atoms with Crippen LogP contribution >= 0.6 is 46.5 Å². The first-order valence-electron chi connectivity index (χ1n) is 2.73. The molecule has 60 valence electrons. The van der Waals surface area contributed by atoms with Gasteiger partial charge in [0.05, 0.1) is 4.21 Å². The lowest BCUT2D eigenvalue weighted by atomic mass is 10.7. The van der Waals surface area contributed by atoms with Crippen molar-refractivity contribution in [1.29, 1.82) is 0 Å². The largest absolute Gasteiger partial charge is 0.284 e. The summed E-state index contributed by atoms with van der Waals surface area (Å²) in [5, 5.41) is 1.95. The van der Waals surface area contributed by atoms with E-state index in [-0.39, 0.29) is 4.57 Å². The quantitative estimate of drug-likeness (QED) is 0.560. The number of carbonyl (C=O) groups is 1. The van der Waals surface area contributed by atoms with Gasteiger partial charge in [0.15, 0.2) is 0 Å². The van der Waals surface area contributed by atoms with Gasteiger partial charge in [-0.15, -0.1) is 23.1 Å². The van der Waals surface area contributed by atoms with Crippen LogP contribution in [0.5, 0.6) is 0 Å². The molecule has 1 heterocycles. The number of thioether (sulfide) groups is 2. The van der Waals surface area contributed by atoms with Crippen molar-refractivity contribution in [1.82, 2.24) is 0 Å². The molecular weight excluding hydrogens is 220 g/mol. The third kappa shape index (κ3) is 2.71. The van der Waals surface area contributed by atoms with E-state index >= 15 is 0 Å². The summed E-state index contributed by atoms with van der Waals surface area (Å²) in [7, 11) is 0. The molecule has 0 atom stereocenters. The van der Waals surface area contributed by atoms with Gasteiger partial charge in [0.25, 0.3) is 4.57 Å². The monoisotopic (exact) mass is 224 g/mol. The lowest BCUT2D eigenvalue weighted by Gasteiger charge is -1.93. The van der Waals surface area contributed by atoms with E-state index in [9.17, 15) is 4.79 Å². The Kier molecular flexibility index (Phi) is 3.78. The first-order chi connectivity index (χ1) is 5.24. The molecule has 0 aromatic carbocycles. The van der Waals surface area contributed by atoms with Crippen LogP contribution in [-0.2, 0) is 0 Å². The highest BCUT2D eigenvalue weighted by Crippen LogP contribution is 2.35. The molecule has 0 spiro atoms. The summed E-state index contributed by atoms with van der Waals surface area (Å²) in [5.41, 5.74) is 0. The second-order valence-corrected chi connectivity index (χ2v) is 5.19. The van der Waals surface area contributed by atoms with Crippen molar-refractivity contribution in [3.8, 4) is 0 Å². The Labute approximate surface area is 82.5 Å². The van der Waals surface area contributed by atoms with Crippen LogP contribution in [0.2, 0.25) is 0 Å². The van der Waals surface area contributed by atoms with Gasteiger partial charge < -0.3 is 0 Å². The Morgan fingerprint density at radius 3 is 3.00 bits per heavy atom. The minimum atomic E-state index is -0.376. The van der Waals surface area contributed by atoms with Crippen LogP contribution in [0.4, 0.5) is 4.79 Å². The Morgan fingerprint density at radius 2 is 2.45 bits per heavy atom. The van der Waals surface area contributed by atoms with E-state index < -0.39 is 0 Å². The van der Waals surface area contributed by atoms with E-state index in [1.807, 2.05) is 17.7 Å². The molecule has 0 aliphatic carbocycles. The van der Waals surface area contributed by atoms with E-state index in [1.54, 1.807) is 23.1 Å². The highest BCUT2D eigenvalue weighted by molar-refractivity contribution is 8.17. The molecule has 0 saturated carbocycles. The average Bonchev–Trinajstić information content (AvgIpc) is 2.34. The average molecular weight is 225 g/mol. The Morgan fingerprint density at radius 1 is 1.73 bits per heavy atom. The van der Waals surface area contributed by atoms with Crippen LogP contribution in [0.1, 0.15) is 0 Å². The minimum absolute atomic E-state index is 0.376. The lowest BCUT2D eigenvalue weighted by Crippen LogP contribution is -1.72. The molecule has 0 unspecified atom stereocenters. The fourth-order valence-corrected chi connectivity index (χ4v) is 3.30. The standard InChI is InChI=1S/C6H5ClOS3/c1-9-5-4(2-3-10-5)11-6(7)8/h2-3H,1H3. The van der Waals surface area contributed by atoms with Crippen LogP contribution in [0.3, 0.4) is 0 Å². The summed E-state index contributed by atoms with van der Waals surface area (Å²) < 4.78 is 0.766. The SMILES string of the molecule is CSc1sccc1SC(=O)Cl. The molecule has 0 bridgehead atoms. The van der Waals surface area contributed by atoms with Gasteiger partial charge in [-0.25, -0.2) is 0 Å². The van der Waals surface area contributed by atoms with Crippen molar-refractivity contribution in [3.05, 3.63) is 11.4 Å². The number of thiophene rings is 1. The first-order valence-corrected chi connectivity index (χ1v) is 6.02. The number of hydrogen-bond donors (Lipinski definition) is 0. The normalized spacial score (nSPS) is 10.0. The maximum absolute atomic E-state index is 10.5. The molecule has 1 aromatic rings. The van der Waals surface area contributed by atoms with Crippen molar-refractivity contribution in [3.63, 3.8) is 0 Å². The molecule has 0 saturated heterocycles. The van der Waals surface area contributed by atoms with Crippen molar-refractivity contribution < 1.29 is 4.79 Å². The molecule has 0 amide bonds. The fourth-order valence-electron chi connectivity index (χ4n) is 0.595. The van der Waals surface area contributed by atoms with Crippen molar-refractivity contribution in [2.75, 3.05) is 6.26 Å². The van der Waals surface area contributed by atoms with Crippen LogP contribution in [-0.4, -0.2) is 10.8 Å². The molecule has 11 heavy (non-hydrogen) atoms. The highest BCUT2D eigenvalue weighted by atomic mass is 35.5. The van der Waals surface area contributed by atoms with Crippen LogP contribution < -0.4 is 0 Å². The lowest BCUT2D eigenvalue weighted by molar-refractivity contribution is 0.276. The minimum Gasteiger partial charge on any atom is -0.268 e. The molecule has 0 N–H and O–H groups in total. The highest BCUT2D eigenvalue weighted by Gasteiger charge is 2.06. The van der Waals surface area contributed by atoms with Crippen molar-refractivity contribution >= 4 is 51.0 Å². The summed E-state index contributed by atoms with van der Waals surface area (Å²) >= 11 is 9.54. The van der Waals surface area contributed by atoms with Crippen LogP contribution in [0.25, 0.3) is 0 Å². The summed E-state index contributed by atoms with van der Waals surface area (Å²) in [5.74, 6) is 0. The van der Waals surface area contributed by atoms with Gasteiger partial charge in [-0.2, -0.15) is 0 Å². The Hall–Kier alpha value is 0.360. The summed E-state index contributed by atoms with van der Waals surface area (Å²) in [6.07, 6.45) is 1.98. The molecule has 1 nitrogen and oxygen atoms in total. The molecule has 0 radical (unpaired) electrons. The predicted octanol–water partition coefficient (Wildman–Crippen LogP) is 3.92. The van der Waals surface area contributed by atoms with E-state index in [2.05, 4.69) is 0 Å². The number of hydrogen-bond acceptors (Lipinski definition) is 4. The third-order valence-corrected chi connectivity index (χ3v) is 4.27. The van der Waals surface area contributed by atoms with Crippen molar-refractivity contribution in [2.24, 2.45) is 0 Å². The molecule has 0 fully saturated rings. The Balaban J connectivity index is 2.76. The van der Waals surface area contributed by atoms with E-state index in [4.69, 9.17) is 11.6 Å². The second-order valence-electron chi connectivity index (χ2n) is 1.62. The zero-order valence-corrected chi connectivity index (χ0v) is 8.87. The number of carbonyl (C=O) groups excluding carboxylic acids is 1. The summed E-state index contributed by atoms with van der Waals surface area (Å²) in [4.78, 5) is 11.5. The molecule has 0 aliphatic rings. The first kappa shape index (κ1) is 9.45. The van der Waals surface area contributed by atoms with Crippen LogP contribution in [0.15, 0.2) is 20.6 Å².